The fourth-order valence-electron chi connectivity index (χ4n) is 2.56. The quantitative estimate of drug-likeness (QED) is 0.648. The zero-order valence-electron chi connectivity index (χ0n) is 13.5. The molecule has 0 aromatic heterocycles. The third kappa shape index (κ3) is 4.76. The van der Waals surface area contributed by atoms with Gasteiger partial charge in [-0.05, 0) is 36.5 Å². The second-order valence-corrected chi connectivity index (χ2v) is 6.01. The Labute approximate surface area is 132 Å². The molecule has 0 bridgehead atoms. The fourth-order valence-corrected chi connectivity index (χ4v) is 2.56. The number of anilines is 1. The van der Waals surface area contributed by atoms with Crippen LogP contribution in [0.2, 0.25) is 0 Å². The summed E-state index contributed by atoms with van der Waals surface area (Å²) in [7, 11) is 0. The zero-order chi connectivity index (χ0) is 15.9. The number of likely N-dealkylation sites (tertiary alicyclic amines) is 1. The molecule has 2 rings (SSSR count). The van der Waals surface area contributed by atoms with E-state index < -0.39 is 0 Å². The van der Waals surface area contributed by atoms with E-state index in [1.54, 1.807) is 0 Å². The number of amides is 1. The molecule has 1 aromatic carbocycles. The number of hydrogen-bond acceptors (Lipinski definition) is 2. The summed E-state index contributed by atoms with van der Waals surface area (Å²) in [5, 5.41) is 3.08. The van der Waals surface area contributed by atoms with Gasteiger partial charge in [0.05, 0.1) is 6.54 Å². The standard InChI is InChI=1S/C17H26N4O/c1-13(2)14-6-5-7-15(12-14)20-17(18)19-9-8-16(22)21-10-3-4-11-21/h5-7,12-13H,3-4,8-11H2,1-2H3,(H3,18,19,20). The normalized spacial score (nSPS) is 15.4. The molecule has 0 unspecified atom stereocenters. The van der Waals surface area contributed by atoms with Crippen molar-refractivity contribution in [2.24, 2.45) is 10.7 Å². The minimum Gasteiger partial charge on any atom is -0.370 e. The van der Waals surface area contributed by atoms with E-state index in [2.05, 4.69) is 36.3 Å². The van der Waals surface area contributed by atoms with Gasteiger partial charge in [-0.3, -0.25) is 9.79 Å². The summed E-state index contributed by atoms with van der Waals surface area (Å²) in [6.45, 7) is 6.51. The number of aliphatic imine (C=N–C) groups is 1. The Bertz CT molecular complexity index is 533. The smallest absolute Gasteiger partial charge is 0.224 e. The molecule has 5 heteroatoms. The van der Waals surface area contributed by atoms with Crippen LogP contribution in [0.5, 0.6) is 0 Å². The van der Waals surface area contributed by atoms with Gasteiger partial charge in [-0.2, -0.15) is 0 Å². The van der Waals surface area contributed by atoms with Crippen LogP contribution in [0.3, 0.4) is 0 Å². The van der Waals surface area contributed by atoms with Gasteiger partial charge in [0.25, 0.3) is 0 Å². The molecular weight excluding hydrogens is 276 g/mol. The Kier molecular flexibility index (Phi) is 5.81. The van der Waals surface area contributed by atoms with Crippen molar-refractivity contribution in [3.8, 4) is 0 Å². The lowest BCUT2D eigenvalue weighted by atomic mass is 10.0. The topological polar surface area (TPSA) is 70.7 Å². The monoisotopic (exact) mass is 302 g/mol. The predicted molar refractivity (Wildman–Crippen MR) is 91.1 cm³/mol. The molecule has 0 radical (unpaired) electrons. The first-order valence-corrected chi connectivity index (χ1v) is 8.01. The molecule has 0 spiro atoms. The number of carbonyl (C=O) groups is 1. The molecule has 1 heterocycles. The molecule has 5 nitrogen and oxygen atoms in total. The molecule has 0 atom stereocenters. The van der Waals surface area contributed by atoms with Crippen LogP contribution in [0, 0.1) is 0 Å². The average molecular weight is 302 g/mol. The molecule has 1 aliphatic heterocycles. The molecule has 1 saturated heterocycles. The summed E-state index contributed by atoms with van der Waals surface area (Å²) in [6.07, 6.45) is 2.66. The number of guanidine groups is 1. The second kappa shape index (κ2) is 7.82. The lowest BCUT2D eigenvalue weighted by Gasteiger charge is -2.14. The molecule has 1 aromatic rings. The van der Waals surface area contributed by atoms with E-state index in [0.29, 0.717) is 24.8 Å². The van der Waals surface area contributed by atoms with E-state index >= 15 is 0 Å². The van der Waals surface area contributed by atoms with Gasteiger partial charge in [0.2, 0.25) is 5.91 Å². The first-order valence-electron chi connectivity index (χ1n) is 8.01. The summed E-state index contributed by atoms with van der Waals surface area (Å²) >= 11 is 0. The summed E-state index contributed by atoms with van der Waals surface area (Å²) in [4.78, 5) is 18.0. The summed E-state index contributed by atoms with van der Waals surface area (Å²) in [6, 6.07) is 8.13. The van der Waals surface area contributed by atoms with Crippen molar-refractivity contribution in [1.29, 1.82) is 0 Å². The van der Waals surface area contributed by atoms with Crippen molar-refractivity contribution in [2.75, 3.05) is 25.0 Å². The van der Waals surface area contributed by atoms with Crippen LogP contribution in [-0.2, 0) is 4.79 Å². The van der Waals surface area contributed by atoms with Crippen molar-refractivity contribution in [1.82, 2.24) is 4.90 Å². The van der Waals surface area contributed by atoms with E-state index in [9.17, 15) is 4.79 Å². The Morgan fingerprint density at radius 1 is 1.36 bits per heavy atom. The first kappa shape index (κ1) is 16.3. The van der Waals surface area contributed by atoms with Gasteiger partial charge < -0.3 is 16.0 Å². The van der Waals surface area contributed by atoms with Crippen LogP contribution < -0.4 is 11.1 Å². The molecule has 1 aliphatic rings. The molecule has 120 valence electrons. The number of nitrogens with zero attached hydrogens (tertiary/aromatic N) is 2. The van der Waals surface area contributed by atoms with Crippen molar-refractivity contribution in [3.63, 3.8) is 0 Å². The number of nitrogens with two attached hydrogens (primary N) is 1. The molecule has 0 aliphatic carbocycles. The Hall–Kier alpha value is -2.04. The maximum atomic E-state index is 11.9. The first-order chi connectivity index (χ1) is 10.6. The van der Waals surface area contributed by atoms with E-state index in [1.165, 1.54) is 5.56 Å². The van der Waals surface area contributed by atoms with Gasteiger partial charge in [0.1, 0.15) is 0 Å². The molecular formula is C17H26N4O. The number of rotatable bonds is 5. The summed E-state index contributed by atoms with van der Waals surface area (Å²) < 4.78 is 0. The van der Waals surface area contributed by atoms with Gasteiger partial charge in [-0.1, -0.05) is 26.0 Å². The van der Waals surface area contributed by atoms with Gasteiger partial charge >= 0.3 is 0 Å². The highest BCUT2D eigenvalue weighted by molar-refractivity contribution is 5.92. The van der Waals surface area contributed by atoms with Crippen molar-refractivity contribution >= 4 is 17.6 Å². The minimum absolute atomic E-state index is 0.177. The van der Waals surface area contributed by atoms with Crippen LogP contribution in [-0.4, -0.2) is 36.4 Å². The number of nitrogens with one attached hydrogen (secondary N) is 1. The van der Waals surface area contributed by atoms with Crippen LogP contribution in [0.25, 0.3) is 0 Å². The second-order valence-electron chi connectivity index (χ2n) is 6.01. The maximum Gasteiger partial charge on any atom is 0.224 e. The summed E-state index contributed by atoms with van der Waals surface area (Å²) in [5.41, 5.74) is 8.07. The number of benzene rings is 1. The van der Waals surface area contributed by atoms with Gasteiger partial charge in [-0.15, -0.1) is 0 Å². The van der Waals surface area contributed by atoms with Crippen molar-refractivity contribution in [2.45, 2.75) is 39.0 Å². The molecule has 22 heavy (non-hydrogen) atoms. The lowest BCUT2D eigenvalue weighted by molar-refractivity contribution is -0.129. The predicted octanol–water partition coefficient (Wildman–Crippen LogP) is 2.55. The van der Waals surface area contributed by atoms with Crippen LogP contribution in [0.4, 0.5) is 5.69 Å². The number of carbonyl (C=O) groups excluding carboxylic acids is 1. The lowest BCUT2D eigenvalue weighted by Crippen LogP contribution is -2.28. The number of hydrogen-bond donors (Lipinski definition) is 2. The van der Waals surface area contributed by atoms with Crippen molar-refractivity contribution < 1.29 is 4.79 Å². The van der Waals surface area contributed by atoms with Crippen LogP contribution in [0.15, 0.2) is 29.3 Å². The third-order valence-corrected chi connectivity index (χ3v) is 3.89. The van der Waals surface area contributed by atoms with Crippen LogP contribution >= 0.6 is 0 Å². The fraction of sp³-hybridized carbons (Fsp3) is 0.529. The highest BCUT2D eigenvalue weighted by atomic mass is 16.2. The maximum absolute atomic E-state index is 11.9. The highest BCUT2D eigenvalue weighted by Crippen LogP contribution is 2.18. The van der Waals surface area contributed by atoms with Crippen molar-refractivity contribution in [3.05, 3.63) is 29.8 Å². The third-order valence-electron chi connectivity index (χ3n) is 3.89. The SMILES string of the molecule is CC(C)c1cccc(NC(N)=NCCC(=O)N2CCCC2)c1. The Morgan fingerprint density at radius 3 is 2.77 bits per heavy atom. The molecule has 1 fully saturated rings. The van der Waals surface area contributed by atoms with Gasteiger partial charge in [0.15, 0.2) is 5.96 Å². The largest absolute Gasteiger partial charge is 0.370 e. The van der Waals surface area contributed by atoms with E-state index in [4.69, 9.17) is 5.73 Å². The highest BCUT2D eigenvalue weighted by Gasteiger charge is 2.16. The minimum atomic E-state index is 0.177. The molecule has 0 saturated carbocycles. The molecule has 1 amide bonds. The Morgan fingerprint density at radius 2 is 2.09 bits per heavy atom. The Balaban J connectivity index is 1.82. The summed E-state index contributed by atoms with van der Waals surface area (Å²) in [5.74, 6) is 1.00. The van der Waals surface area contributed by atoms with Gasteiger partial charge in [-0.25, -0.2) is 0 Å². The zero-order valence-corrected chi connectivity index (χ0v) is 13.5. The van der Waals surface area contributed by atoms with E-state index in [-0.39, 0.29) is 5.91 Å². The average Bonchev–Trinajstić information content (AvgIpc) is 3.01. The molecule has 3 N–H and O–H groups in total. The van der Waals surface area contributed by atoms with E-state index in [0.717, 1.165) is 31.6 Å². The van der Waals surface area contributed by atoms with Crippen LogP contribution in [0.1, 0.15) is 44.6 Å². The van der Waals surface area contributed by atoms with Gasteiger partial charge in [0, 0.05) is 25.2 Å². The van der Waals surface area contributed by atoms with E-state index in [1.807, 2.05) is 17.0 Å².